The molecule has 18 heavy (non-hydrogen) atoms. The van der Waals surface area contributed by atoms with Crippen LogP contribution in [-0.4, -0.2) is 48.6 Å². The molecule has 1 heterocycles. The lowest BCUT2D eigenvalue weighted by Gasteiger charge is -2.18. The molecule has 1 aromatic rings. The van der Waals surface area contributed by atoms with E-state index < -0.39 is 4.92 Å². The van der Waals surface area contributed by atoms with Gasteiger partial charge < -0.3 is 15.0 Å². The topological polar surface area (TPSA) is 80.5 Å². The number of ether oxygens (including phenoxy) is 1. The summed E-state index contributed by atoms with van der Waals surface area (Å²) in [6, 6.07) is 2.90. The second kappa shape index (κ2) is 6.15. The third-order valence-electron chi connectivity index (χ3n) is 2.28. The Labute approximate surface area is 106 Å². The second-order valence-corrected chi connectivity index (χ2v) is 4.29. The molecule has 0 amide bonds. The first-order valence-corrected chi connectivity index (χ1v) is 5.54. The highest BCUT2D eigenvalue weighted by molar-refractivity contribution is 5.57. The number of nitrogens with zero attached hydrogens (tertiary/aromatic N) is 3. The van der Waals surface area contributed by atoms with E-state index in [9.17, 15) is 10.1 Å². The summed E-state index contributed by atoms with van der Waals surface area (Å²) in [6.07, 6.45) is 0. The van der Waals surface area contributed by atoms with Crippen molar-refractivity contribution in [3.8, 4) is 5.88 Å². The van der Waals surface area contributed by atoms with Crippen LogP contribution in [0.3, 0.4) is 0 Å². The van der Waals surface area contributed by atoms with Crippen LogP contribution in [0.1, 0.15) is 6.92 Å². The van der Waals surface area contributed by atoms with Gasteiger partial charge in [-0.1, -0.05) is 0 Å². The molecule has 0 fully saturated rings. The number of likely N-dealkylation sites (N-methyl/N-ethyl adjacent to an activating group) is 1. The molecular formula is C11H18N4O3. The molecule has 1 aromatic heterocycles. The summed E-state index contributed by atoms with van der Waals surface area (Å²) < 4.78 is 4.97. The number of pyridine rings is 1. The molecule has 0 aliphatic carbocycles. The van der Waals surface area contributed by atoms with Crippen molar-refractivity contribution in [3.63, 3.8) is 0 Å². The maximum absolute atomic E-state index is 10.9. The second-order valence-electron chi connectivity index (χ2n) is 4.29. The SMILES string of the molecule is COc1ccc([N+](=O)[O-])c(NC(C)CN(C)C)n1. The highest BCUT2D eigenvalue weighted by Crippen LogP contribution is 2.25. The molecule has 1 N–H and O–H groups in total. The highest BCUT2D eigenvalue weighted by Gasteiger charge is 2.18. The van der Waals surface area contributed by atoms with Gasteiger partial charge in [-0.05, 0) is 21.0 Å². The molecule has 7 nitrogen and oxygen atoms in total. The number of hydrogen-bond acceptors (Lipinski definition) is 6. The predicted octanol–water partition coefficient (Wildman–Crippen LogP) is 1.36. The van der Waals surface area contributed by atoms with Crippen molar-refractivity contribution in [2.24, 2.45) is 0 Å². The van der Waals surface area contributed by atoms with E-state index >= 15 is 0 Å². The average molecular weight is 254 g/mol. The van der Waals surface area contributed by atoms with Crippen molar-refractivity contribution in [1.29, 1.82) is 0 Å². The standard InChI is InChI=1S/C11H18N4O3/c1-8(7-14(2)3)12-11-9(15(16)17)5-6-10(13-11)18-4/h5-6,8H,7H2,1-4H3,(H,12,13). The fraction of sp³-hybridized carbons (Fsp3) is 0.545. The molecule has 0 aliphatic heterocycles. The predicted molar refractivity (Wildman–Crippen MR) is 69.1 cm³/mol. The minimum atomic E-state index is -0.461. The Kier molecular flexibility index (Phi) is 4.85. The van der Waals surface area contributed by atoms with E-state index in [-0.39, 0.29) is 17.5 Å². The van der Waals surface area contributed by atoms with Gasteiger partial charge in [0, 0.05) is 24.7 Å². The first kappa shape index (κ1) is 14.2. The lowest BCUT2D eigenvalue weighted by atomic mass is 10.3. The van der Waals surface area contributed by atoms with Gasteiger partial charge in [0.15, 0.2) is 0 Å². The quantitative estimate of drug-likeness (QED) is 0.610. The first-order chi connectivity index (χ1) is 8.43. The molecular weight excluding hydrogens is 236 g/mol. The van der Waals surface area contributed by atoms with Crippen molar-refractivity contribution < 1.29 is 9.66 Å². The summed E-state index contributed by atoms with van der Waals surface area (Å²) in [6.45, 7) is 2.68. The van der Waals surface area contributed by atoms with E-state index in [4.69, 9.17) is 4.74 Å². The van der Waals surface area contributed by atoms with Crippen molar-refractivity contribution in [2.45, 2.75) is 13.0 Å². The van der Waals surface area contributed by atoms with Crippen molar-refractivity contribution in [2.75, 3.05) is 33.1 Å². The molecule has 7 heteroatoms. The van der Waals surface area contributed by atoms with Crippen LogP contribution in [0.2, 0.25) is 0 Å². The average Bonchev–Trinajstić information content (AvgIpc) is 2.27. The summed E-state index contributed by atoms with van der Waals surface area (Å²) in [5, 5.41) is 13.9. The maximum Gasteiger partial charge on any atom is 0.311 e. The van der Waals surface area contributed by atoms with Crippen LogP contribution in [0, 0.1) is 10.1 Å². The smallest absolute Gasteiger partial charge is 0.311 e. The van der Waals surface area contributed by atoms with Crippen LogP contribution < -0.4 is 10.1 Å². The van der Waals surface area contributed by atoms with E-state index in [1.807, 2.05) is 25.9 Å². The molecule has 0 spiro atoms. The molecule has 0 radical (unpaired) electrons. The Morgan fingerprint density at radius 2 is 2.22 bits per heavy atom. The van der Waals surface area contributed by atoms with Crippen LogP contribution >= 0.6 is 0 Å². The van der Waals surface area contributed by atoms with Gasteiger partial charge in [0.25, 0.3) is 0 Å². The van der Waals surface area contributed by atoms with Crippen molar-refractivity contribution in [3.05, 3.63) is 22.2 Å². The lowest BCUT2D eigenvalue weighted by Crippen LogP contribution is -2.30. The van der Waals surface area contributed by atoms with Crippen LogP contribution in [-0.2, 0) is 0 Å². The Bertz CT molecular complexity index is 423. The largest absolute Gasteiger partial charge is 0.481 e. The van der Waals surface area contributed by atoms with Gasteiger partial charge in [0.1, 0.15) is 0 Å². The lowest BCUT2D eigenvalue weighted by molar-refractivity contribution is -0.384. The third-order valence-corrected chi connectivity index (χ3v) is 2.28. The van der Waals surface area contributed by atoms with Gasteiger partial charge in [0.05, 0.1) is 12.0 Å². The molecule has 0 aliphatic rings. The van der Waals surface area contributed by atoms with Crippen LogP contribution in [0.4, 0.5) is 11.5 Å². The minimum Gasteiger partial charge on any atom is -0.481 e. The molecule has 100 valence electrons. The molecule has 0 saturated carbocycles. The van der Waals surface area contributed by atoms with Gasteiger partial charge in [-0.15, -0.1) is 0 Å². The van der Waals surface area contributed by atoms with Gasteiger partial charge in [0.2, 0.25) is 11.7 Å². The van der Waals surface area contributed by atoms with Gasteiger partial charge in [-0.3, -0.25) is 10.1 Å². The summed E-state index contributed by atoms with van der Waals surface area (Å²) in [7, 11) is 5.35. The zero-order chi connectivity index (χ0) is 13.7. The summed E-state index contributed by atoms with van der Waals surface area (Å²) in [4.78, 5) is 16.5. The van der Waals surface area contributed by atoms with Crippen molar-refractivity contribution >= 4 is 11.5 Å². The fourth-order valence-electron chi connectivity index (χ4n) is 1.63. The van der Waals surface area contributed by atoms with Gasteiger partial charge in [-0.2, -0.15) is 4.98 Å². The third kappa shape index (κ3) is 3.85. The number of aromatic nitrogens is 1. The van der Waals surface area contributed by atoms with Crippen LogP contribution in [0.5, 0.6) is 5.88 Å². The summed E-state index contributed by atoms with van der Waals surface area (Å²) in [5.41, 5.74) is -0.0543. The number of nitro groups is 1. The number of nitrogens with one attached hydrogen (secondary N) is 1. The zero-order valence-corrected chi connectivity index (χ0v) is 11.0. The zero-order valence-electron chi connectivity index (χ0n) is 11.0. The Morgan fingerprint density at radius 3 is 2.72 bits per heavy atom. The highest BCUT2D eigenvalue weighted by atomic mass is 16.6. The molecule has 0 aromatic carbocycles. The minimum absolute atomic E-state index is 0.0401. The monoisotopic (exact) mass is 254 g/mol. The number of anilines is 1. The summed E-state index contributed by atoms with van der Waals surface area (Å²) in [5.74, 6) is 0.578. The number of hydrogen-bond donors (Lipinski definition) is 1. The molecule has 1 atom stereocenters. The number of rotatable bonds is 6. The Morgan fingerprint density at radius 1 is 1.56 bits per heavy atom. The fourth-order valence-corrected chi connectivity index (χ4v) is 1.63. The Balaban J connectivity index is 2.93. The van der Waals surface area contributed by atoms with Gasteiger partial charge in [-0.25, -0.2) is 0 Å². The number of methoxy groups -OCH3 is 1. The summed E-state index contributed by atoms with van der Waals surface area (Å²) >= 11 is 0. The van der Waals surface area contributed by atoms with E-state index in [1.165, 1.54) is 19.2 Å². The molecule has 1 unspecified atom stereocenters. The van der Waals surface area contributed by atoms with E-state index in [0.717, 1.165) is 6.54 Å². The van der Waals surface area contributed by atoms with Gasteiger partial charge >= 0.3 is 5.69 Å². The van der Waals surface area contributed by atoms with E-state index in [2.05, 4.69) is 10.3 Å². The molecule has 1 rings (SSSR count). The molecule has 0 saturated heterocycles. The van der Waals surface area contributed by atoms with Crippen LogP contribution in [0.25, 0.3) is 0 Å². The molecule has 0 bridgehead atoms. The maximum atomic E-state index is 10.9. The van der Waals surface area contributed by atoms with Crippen molar-refractivity contribution in [1.82, 2.24) is 9.88 Å². The van der Waals surface area contributed by atoms with E-state index in [0.29, 0.717) is 5.88 Å². The van der Waals surface area contributed by atoms with Crippen LogP contribution in [0.15, 0.2) is 12.1 Å². The normalized spacial score (nSPS) is 12.3. The van der Waals surface area contributed by atoms with E-state index in [1.54, 1.807) is 0 Å². The Hall–Kier alpha value is -1.89. The first-order valence-electron chi connectivity index (χ1n) is 5.54.